The lowest BCUT2D eigenvalue weighted by Crippen LogP contribution is -1.94. The van der Waals surface area contributed by atoms with Crippen LogP contribution >= 0.6 is 11.3 Å². The fourth-order valence-electron chi connectivity index (χ4n) is 2.60. The van der Waals surface area contributed by atoms with Crippen LogP contribution in [-0.2, 0) is 12.8 Å². The average molecular weight is 282 g/mol. The van der Waals surface area contributed by atoms with Crippen LogP contribution in [0, 0.1) is 6.92 Å². The third kappa shape index (κ3) is 2.44. The molecule has 3 aromatic rings. The SMILES string of the molecule is CCc1cc(O)c(C)cc1Cc1cc2ccccc2s1. The van der Waals surface area contributed by atoms with Crippen molar-refractivity contribution < 1.29 is 5.11 Å². The Morgan fingerprint density at radius 1 is 1.05 bits per heavy atom. The molecule has 1 N–H and O–H groups in total. The normalized spacial score (nSPS) is 11.1. The second-order valence-corrected chi connectivity index (χ2v) is 6.36. The van der Waals surface area contributed by atoms with E-state index < -0.39 is 0 Å². The van der Waals surface area contributed by atoms with E-state index >= 15 is 0 Å². The molecular weight excluding hydrogens is 264 g/mol. The standard InChI is InChI=1S/C18H18OS/c1-3-13-11-17(19)12(2)8-15(13)10-16-9-14-6-4-5-7-18(14)20-16/h4-9,11,19H,3,10H2,1-2H3. The summed E-state index contributed by atoms with van der Waals surface area (Å²) >= 11 is 1.86. The van der Waals surface area contributed by atoms with E-state index in [1.54, 1.807) is 0 Å². The molecule has 2 heteroatoms. The first-order valence-corrected chi connectivity index (χ1v) is 7.78. The van der Waals surface area contributed by atoms with Crippen molar-refractivity contribution in [2.75, 3.05) is 0 Å². The number of phenols is 1. The summed E-state index contributed by atoms with van der Waals surface area (Å²) in [6.07, 6.45) is 1.90. The lowest BCUT2D eigenvalue weighted by atomic mass is 9.98. The number of fused-ring (bicyclic) bond motifs is 1. The van der Waals surface area contributed by atoms with Gasteiger partial charge in [-0.2, -0.15) is 0 Å². The highest BCUT2D eigenvalue weighted by Gasteiger charge is 2.08. The van der Waals surface area contributed by atoms with Crippen LogP contribution in [-0.4, -0.2) is 5.11 Å². The van der Waals surface area contributed by atoms with Gasteiger partial charge in [0.05, 0.1) is 0 Å². The first-order chi connectivity index (χ1) is 9.67. The lowest BCUT2D eigenvalue weighted by Gasteiger charge is -2.10. The second-order valence-electron chi connectivity index (χ2n) is 5.19. The molecule has 20 heavy (non-hydrogen) atoms. The average Bonchev–Trinajstić information content (AvgIpc) is 2.84. The largest absolute Gasteiger partial charge is 0.508 e. The zero-order chi connectivity index (χ0) is 14.1. The Kier molecular flexibility index (Phi) is 3.49. The predicted molar refractivity (Wildman–Crippen MR) is 86.9 cm³/mol. The van der Waals surface area contributed by atoms with Crippen LogP contribution in [0.15, 0.2) is 42.5 Å². The van der Waals surface area contributed by atoms with Crippen molar-refractivity contribution in [2.45, 2.75) is 26.7 Å². The van der Waals surface area contributed by atoms with Gasteiger partial charge in [0.1, 0.15) is 5.75 Å². The van der Waals surface area contributed by atoms with Gasteiger partial charge in [0.15, 0.2) is 0 Å². The second kappa shape index (κ2) is 5.29. The summed E-state index contributed by atoms with van der Waals surface area (Å²) in [6.45, 7) is 4.10. The van der Waals surface area contributed by atoms with Gasteiger partial charge < -0.3 is 5.11 Å². The minimum Gasteiger partial charge on any atom is -0.508 e. The molecule has 1 aromatic heterocycles. The van der Waals surface area contributed by atoms with Crippen LogP contribution < -0.4 is 0 Å². The summed E-state index contributed by atoms with van der Waals surface area (Å²) < 4.78 is 1.34. The molecule has 102 valence electrons. The Hall–Kier alpha value is -1.80. The van der Waals surface area contributed by atoms with Crippen molar-refractivity contribution >= 4 is 21.4 Å². The number of phenolic OH excluding ortho intramolecular Hbond substituents is 1. The molecule has 0 saturated heterocycles. The van der Waals surface area contributed by atoms with Gasteiger partial charge in [0, 0.05) is 16.0 Å². The van der Waals surface area contributed by atoms with Gasteiger partial charge in [-0.1, -0.05) is 31.2 Å². The minimum absolute atomic E-state index is 0.405. The van der Waals surface area contributed by atoms with Gasteiger partial charge in [-0.05, 0) is 53.6 Å². The summed E-state index contributed by atoms with van der Waals surface area (Å²) in [6, 6.07) is 14.8. The van der Waals surface area contributed by atoms with Crippen LogP contribution in [0.1, 0.15) is 28.5 Å². The first-order valence-electron chi connectivity index (χ1n) is 6.96. The number of hydrogen-bond donors (Lipinski definition) is 1. The predicted octanol–water partition coefficient (Wildman–Crippen LogP) is 5.07. The van der Waals surface area contributed by atoms with Gasteiger partial charge in [-0.25, -0.2) is 0 Å². The van der Waals surface area contributed by atoms with Gasteiger partial charge in [-0.3, -0.25) is 0 Å². The Morgan fingerprint density at radius 2 is 1.85 bits per heavy atom. The number of rotatable bonds is 3. The maximum atomic E-state index is 9.84. The molecule has 0 saturated carbocycles. The zero-order valence-electron chi connectivity index (χ0n) is 11.8. The molecule has 0 aliphatic carbocycles. The third-order valence-corrected chi connectivity index (χ3v) is 4.86. The van der Waals surface area contributed by atoms with Crippen molar-refractivity contribution in [3.8, 4) is 5.75 Å². The molecule has 2 aromatic carbocycles. The van der Waals surface area contributed by atoms with E-state index in [9.17, 15) is 5.11 Å². The molecule has 1 heterocycles. The van der Waals surface area contributed by atoms with Crippen LogP contribution in [0.25, 0.3) is 10.1 Å². The lowest BCUT2D eigenvalue weighted by molar-refractivity contribution is 0.470. The quantitative estimate of drug-likeness (QED) is 0.711. The molecule has 0 spiro atoms. The van der Waals surface area contributed by atoms with Crippen LogP contribution in [0.5, 0.6) is 5.75 Å². The Morgan fingerprint density at radius 3 is 2.60 bits per heavy atom. The van der Waals surface area contributed by atoms with E-state index in [1.165, 1.54) is 26.1 Å². The number of aryl methyl sites for hydroxylation is 2. The number of benzene rings is 2. The van der Waals surface area contributed by atoms with E-state index in [1.807, 2.05) is 24.3 Å². The molecule has 0 radical (unpaired) electrons. The van der Waals surface area contributed by atoms with E-state index in [-0.39, 0.29) is 0 Å². The van der Waals surface area contributed by atoms with E-state index in [2.05, 4.69) is 43.3 Å². The summed E-state index contributed by atoms with van der Waals surface area (Å²) in [5, 5.41) is 11.2. The van der Waals surface area contributed by atoms with E-state index in [0.29, 0.717) is 5.75 Å². The molecule has 3 rings (SSSR count). The summed E-state index contributed by atoms with van der Waals surface area (Å²) in [5.74, 6) is 0.405. The molecule has 0 aliphatic rings. The van der Waals surface area contributed by atoms with Crippen molar-refractivity contribution in [1.82, 2.24) is 0 Å². The maximum Gasteiger partial charge on any atom is 0.118 e. The Balaban J connectivity index is 1.99. The molecule has 0 fully saturated rings. The Bertz CT molecular complexity index is 722. The number of thiophene rings is 1. The minimum atomic E-state index is 0.405. The maximum absolute atomic E-state index is 9.84. The molecule has 0 atom stereocenters. The fourth-order valence-corrected chi connectivity index (χ4v) is 3.69. The number of hydrogen-bond acceptors (Lipinski definition) is 2. The first kappa shape index (κ1) is 13.2. The van der Waals surface area contributed by atoms with Gasteiger partial charge >= 0.3 is 0 Å². The van der Waals surface area contributed by atoms with Crippen LogP contribution in [0.3, 0.4) is 0 Å². The fraction of sp³-hybridized carbons (Fsp3) is 0.222. The van der Waals surface area contributed by atoms with E-state index in [4.69, 9.17) is 0 Å². The molecule has 0 amide bonds. The summed E-state index contributed by atoms with van der Waals surface area (Å²) in [4.78, 5) is 1.38. The van der Waals surface area contributed by atoms with Crippen LogP contribution in [0.4, 0.5) is 0 Å². The topological polar surface area (TPSA) is 20.2 Å². The van der Waals surface area contributed by atoms with Crippen molar-refractivity contribution in [3.63, 3.8) is 0 Å². The van der Waals surface area contributed by atoms with Crippen molar-refractivity contribution in [3.05, 3.63) is 64.0 Å². The molecule has 0 unspecified atom stereocenters. The summed E-state index contributed by atoms with van der Waals surface area (Å²) in [7, 11) is 0. The van der Waals surface area contributed by atoms with Crippen molar-refractivity contribution in [2.24, 2.45) is 0 Å². The highest BCUT2D eigenvalue weighted by Crippen LogP contribution is 2.30. The highest BCUT2D eigenvalue weighted by atomic mass is 32.1. The Labute approximate surface area is 123 Å². The van der Waals surface area contributed by atoms with Gasteiger partial charge in [0.25, 0.3) is 0 Å². The highest BCUT2D eigenvalue weighted by molar-refractivity contribution is 7.19. The molecular formula is C18H18OS. The number of aromatic hydroxyl groups is 1. The van der Waals surface area contributed by atoms with Crippen LogP contribution in [0.2, 0.25) is 0 Å². The molecule has 1 nitrogen and oxygen atoms in total. The van der Waals surface area contributed by atoms with Gasteiger partial charge in [0.2, 0.25) is 0 Å². The van der Waals surface area contributed by atoms with Gasteiger partial charge in [-0.15, -0.1) is 11.3 Å². The van der Waals surface area contributed by atoms with Crippen molar-refractivity contribution in [1.29, 1.82) is 0 Å². The van der Waals surface area contributed by atoms with E-state index in [0.717, 1.165) is 18.4 Å². The molecule has 0 aliphatic heterocycles. The smallest absolute Gasteiger partial charge is 0.118 e. The molecule has 0 bridgehead atoms. The summed E-state index contributed by atoms with van der Waals surface area (Å²) in [5.41, 5.74) is 3.53. The zero-order valence-corrected chi connectivity index (χ0v) is 12.6. The monoisotopic (exact) mass is 282 g/mol. The third-order valence-electron chi connectivity index (χ3n) is 3.74.